The summed E-state index contributed by atoms with van der Waals surface area (Å²) in [5.41, 5.74) is 2.37. The van der Waals surface area contributed by atoms with E-state index in [4.69, 9.17) is 4.74 Å². The first-order valence-corrected chi connectivity index (χ1v) is 8.54. The van der Waals surface area contributed by atoms with E-state index in [0.717, 1.165) is 11.3 Å². The van der Waals surface area contributed by atoms with Crippen LogP contribution in [0.1, 0.15) is 0 Å². The highest BCUT2D eigenvalue weighted by Crippen LogP contribution is 2.24. The molecule has 1 N–H and O–H groups in total. The summed E-state index contributed by atoms with van der Waals surface area (Å²) in [5.74, 6) is 0.735. The lowest BCUT2D eigenvalue weighted by Gasteiger charge is -2.09. The number of methoxy groups -OCH3 is 1. The highest BCUT2D eigenvalue weighted by atomic mass is 32.2. The molecule has 126 valence electrons. The maximum atomic E-state index is 12.1. The van der Waals surface area contributed by atoms with Crippen LogP contribution in [0.2, 0.25) is 0 Å². The van der Waals surface area contributed by atoms with Crippen LogP contribution in [0.5, 0.6) is 5.75 Å². The number of ether oxygens (including phenoxy) is 1. The van der Waals surface area contributed by atoms with E-state index in [2.05, 4.69) is 20.5 Å². The average molecular weight is 352 g/mol. The van der Waals surface area contributed by atoms with Gasteiger partial charge in [-0.15, -0.1) is 10.2 Å². The van der Waals surface area contributed by atoms with Crippen LogP contribution in [0.4, 0.5) is 5.69 Å². The van der Waals surface area contributed by atoms with Crippen LogP contribution in [-0.2, 0) is 4.79 Å². The molecule has 6 nitrogen and oxygen atoms in total. The van der Waals surface area contributed by atoms with Gasteiger partial charge in [0.2, 0.25) is 5.91 Å². The predicted octanol–water partition coefficient (Wildman–Crippen LogP) is 3.28. The molecular formula is C18H16N4O2S. The molecule has 0 unspecified atom stereocenters. The molecule has 3 rings (SSSR count). The molecule has 2 heterocycles. The fourth-order valence-corrected chi connectivity index (χ4v) is 2.76. The van der Waals surface area contributed by atoms with Gasteiger partial charge in [-0.1, -0.05) is 23.9 Å². The van der Waals surface area contributed by atoms with E-state index in [1.807, 2.05) is 36.4 Å². The molecule has 2 aromatic heterocycles. The number of hydrogen-bond acceptors (Lipinski definition) is 6. The van der Waals surface area contributed by atoms with Gasteiger partial charge in [0.15, 0.2) is 0 Å². The zero-order valence-corrected chi connectivity index (χ0v) is 14.4. The molecule has 3 aromatic rings. The maximum absolute atomic E-state index is 12.1. The average Bonchev–Trinajstić information content (AvgIpc) is 2.68. The van der Waals surface area contributed by atoms with Crippen molar-refractivity contribution in [3.8, 4) is 17.0 Å². The minimum atomic E-state index is -0.130. The lowest BCUT2D eigenvalue weighted by Crippen LogP contribution is -2.14. The monoisotopic (exact) mass is 352 g/mol. The Hall–Kier alpha value is -2.93. The molecule has 0 atom stereocenters. The van der Waals surface area contributed by atoms with Gasteiger partial charge in [-0.2, -0.15) is 0 Å². The fraction of sp³-hybridized carbons (Fsp3) is 0.111. The summed E-state index contributed by atoms with van der Waals surface area (Å²) in [6.07, 6.45) is 3.42. The molecule has 0 spiro atoms. The smallest absolute Gasteiger partial charge is 0.234 e. The summed E-state index contributed by atoms with van der Waals surface area (Å²) in [6, 6.07) is 14.8. The number of carbonyl (C=O) groups excluding carboxylic acids is 1. The van der Waals surface area contributed by atoms with Crippen molar-refractivity contribution in [3.05, 3.63) is 60.9 Å². The third-order valence-corrected chi connectivity index (χ3v) is 4.27. The maximum Gasteiger partial charge on any atom is 0.234 e. The van der Waals surface area contributed by atoms with Crippen LogP contribution in [-0.4, -0.2) is 34.0 Å². The van der Waals surface area contributed by atoms with Crippen molar-refractivity contribution in [3.63, 3.8) is 0 Å². The van der Waals surface area contributed by atoms with Gasteiger partial charge in [-0.05, 0) is 36.4 Å². The molecule has 7 heteroatoms. The van der Waals surface area contributed by atoms with Crippen molar-refractivity contribution in [2.24, 2.45) is 0 Å². The number of pyridine rings is 1. The quantitative estimate of drug-likeness (QED) is 0.686. The summed E-state index contributed by atoms with van der Waals surface area (Å²) in [7, 11) is 1.57. The molecule has 1 amide bonds. The Morgan fingerprint density at radius 2 is 1.88 bits per heavy atom. The van der Waals surface area contributed by atoms with Gasteiger partial charge in [0.25, 0.3) is 0 Å². The first-order valence-electron chi connectivity index (χ1n) is 7.56. The van der Waals surface area contributed by atoms with Crippen molar-refractivity contribution in [2.75, 3.05) is 18.2 Å². The highest BCUT2D eigenvalue weighted by molar-refractivity contribution is 7.99. The summed E-state index contributed by atoms with van der Waals surface area (Å²) >= 11 is 1.33. The molecule has 0 saturated heterocycles. The van der Waals surface area contributed by atoms with Crippen LogP contribution in [0, 0.1) is 0 Å². The number of benzene rings is 1. The van der Waals surface area contributed by atoms with Crippen LogP contribution in [0.3, 0.4) is 0 Å². The van der Waals surface area contributed by atoms with Crippen LogP contribution in [0.25, 0.3) is 11.3 Å². The van der Waals surface area contributed by atoms with Gasteiger partial charge in [-0.3, -0.25) is 9.78 Å². The number of nitrogens with one attached hydrogen (secondary N) is 1. The number of thioether (sulfide) groups is 1. The van der Waals surface area contributed by atoms with Gasteiger partial charge < -0.3 is 10.1 Å². The SMILES string of the molecule is COc1ccccc1NC(=O)CSc1ccc(-c2ccncc2)nn1. The summed E-state index contributed by atoms with van der Waals surface area (Å²) < 4.78 is 5.22. The largest absolute Gasteiger partial charge is 0.495 e. The number of carbonyl (C=O) groups is 1. The summed E-state index contributed by atoms with van der Waals surface area (Å²) in [4.78, 5) is 16.1. The van der Waals surface area contributed by atoms with E-state index in [0.29, 0.717) is 16.5 Å². The standard InChI is InChI=1S/C18H16N4O2S/c1-24-16-5-3-2-4-15(16)20-17(23)12-25-18-7-6-14(21-22-18)13-8-10-19-11-9-13/h2-11H,12H2,1H3,(H,20,23). The van der Waals surface area contributed by atoms with E-state index < -0.39 is 0 Å². The molecule has 0 aliphatic carbocycles. The van der Waals surface area contributed by atoms with Crippen LogP contribution < -0.4 is 10.1 Å². The van der Waals surface area contributed by atoms with E-state index >= 15 is 0 Å². The molecule has 0 aliphatic rings. The second-order valence-corrected chi connectivity index (χ2v) is 6.03. The zero-order valence-electron chi connectivity index (χ0n) is 13.5. The third-order valence-electron chi connectivity index (χ3n) is 3.35. The Labute approximate surface area is 149 Å². The van der Waals surface area contributed by atoms with Gasteiger partial charge in [-0.25, -0.2) is 0 Å². The normalized spacial score (nSPS) is 10.3. The second-order valence-electron chi connectivity index (χ2n) is 5.03. The van der Waals surface area contributed by atoms with Crippen molar-refractivity contribution in [2.45, 2.75) is 5.03 Å². The van der Waals surface area contributed by atoms with Gasteiger partial charge in [0, 0.05) is 18.0 Å². The zero-order chi connectivity index (χ0) is 17.5. The number of para-hydroxylation sites is 2. The lowest BCUT2D eigenvalue weighted by atomic mass is 10.2. The summed E-state index contributed by atoms with van der Waals surface area (Å²) in [6.45, 7) is 0. The number of anilines is 1. The second kappa shape index (κ2) is 8.25. The van der Waals surface area contributed by atoms with Crippen molar-refractivity contribution in [1.29, 1.82) is 0 Å². The highest BCUT2D eigenvalue weighted by Gasteiger charge is 2.08. The Bertz CT molecular complexity index is 841. The third kappa shape index (κ3) is 4.54. The predicted molar refractivity (Wildman–Crippen MR) is 97.6 cm³/mol. The Balaban J connectivity index is 1.57. The first kappa shape index (κ1) is 16.9. The van der Waals surface area contributed by atoms with Crippen LogP contribution in [0.15, 0.2) is 66.0 Å². The van der Waals surface area contributed by atoms with E-state index in [1.54, 1.807) is 31.6 Å². The van der Waals surface area contributed by atoms with Gasteiger partial charge >= 0.3 is 0 Å². The molecular weight excluding hydrogens is 336 g/mol. The summed E-state index contributed by atoms with van der Waals surface area (Å²) in [5, 5.41) is 11.9. The minimum absolute atomic E-state index is 0.130. The van der Waals surface area contributed by atoms with Gasteiger partial charge in [0.05, 0.1) is 24.2 Å². The Kier molecular flexibility index (Phi) is 5.58. The lowest BCUT2D eigenvalue weighted by molar-refractivity contribution is -0.113. The molecule has 0 fully saturated rings. The molecule has 0 radical (unpaired) electrons. The molecule has 0 saturated carbocycles. The van der Waals surface area contributed by atoms with E-state index in [1.165, 1.54) is 11.8 Å². The number of hydrogen-bond donors (Lipinski definition) is 1. The molecule has 25 heavy (non-hydrogen) atoms. The molecule has 0 aliphatic heterocycles. The van der Waals surface area contributed by atoms with E-state index in [-0.39, 0.29) is 11.7 Å². The molecule has 1 aromatic carbocycles. The number of nitrogens with zero attached hydrogens (tertiary/aromatic N) is 3. The van der Waals surface area contributed by atoms with Gasteiger partial charge in [0.1, 0.15) is 10.8 Å². The first-order chi connectivity index (χ1) is 12.3. The van der Waals surface area contributed by atoms with Crippen molar-refractivity contribution < 1.29 is 9.53 Å². The minimum Gasteiger partial charge on any atom is -0.495 e. The topological polar surface area (TPSA) is 77.0 Å². The van der Waals surface area contributed by atoms with E-state index in [9.17, 15) is 4.79 Å². The number of aromatic nitrogens is 3. The molecule has 0 bridgehead atoms. The number of rotatable bonds is 6. The van der Waals surface area contributed by atoms with Crippen molar-refractivity contribution >= 4 is 23.4 Å². The Morgan fingerprint density at radius 3 is 2.60 bits per heavy atom. The number of amides is 1. The Morgan fingerprint density at radius 1 is 1.08 bits per heavy atom. The fourth-order valence-electron chi connectivity index (χ4n) is 2.15. The van der Waals surface area contributed by atoms with Crippen LogP contribution >= 0.6 is 11.8 Å². The van der Waals surface area contributed by atoms with Crippen molar-refractivity contribution in [1.82, 2.24) is 15.2 Å².